The van der Waals surface area contributed by atoms with Crippen LogP contribution in [0, 0.1) is 6.92 Å². The van der Waals surface area contributed by atoms with E-state index in [1.54, 1.807) is 17.8 Å². The molecule has 0 aliphatic rings. The quantitative estimate of drug-likeness (QED) is 0.651. The average Bonchev–Trinajstić information content (AvgIpc) is 2.30. The maximum Gasteiger partial charge on any atom is 0.0466 e. The highest BCUT2D eigenvalue weighted by Gasteiger charge is 2.02. The van der Waals surface area contributed by atoms with Gasteiger partial charge in [0.05, 0.1) is 0 Å². The minimum Gasteiger partial charge on any atom is -0.399 e. The summed E-state index contributed by atoms with van der Waals surface area (Å²) in [6.45, 7) is 2.09. The van der Waals surface area contributed by atoms with Crippen molar-refractivity contribution in [1.29, 1.82) is 0 Å². The van der Waals surface area contributed by atoms with Crippen LogP contribution < -0.4 is 5.73 Å². The molecule has 0 fully saturated rings. The third-order valence-corrected chi connectivity index (χ3v) is 3.91. The number of benzene rings is 2. The van der Waals surface area contributed by atoms with Crippen molar-refractivity contribution in [2.45, 2.75) is 17.6 Å². The lowest BCUT2D eigenvalue weighted by molar-refractivity contribution is 1.35. The van der Waals surface area contributed by atoms with Crippen molar-refractivity contribution in [2.75, 3.05) is 5.73 Å². The van der Waals surface area contributed by atoms with Gasteiger partial charge in [0.2, 0.25) is 0 Å². The molecule has 0 saturated carbocycles. The molecule has 3 heteroatoms. The molecule has 0 spiro atoms. The molecular weight excluding hydrogens is 250 g/mol. The summed E-state index contributed by atoms with van der Waals surface area (Å²) in [4.78, 5) is 1.25. The van der Waals surface area contributed by atoms with E-state index in [2.05, 4.69) is 31.2 Å². The number of nitrogen functional groups attached to an aromatic ring is 1. The molecule has 0 atom stereocenters. The van der Waals surface area contributed by atoms with Gasteiger partial charge in [-0.1, -0.05) is 35.4 Å². The molecule has 0 bridgehead atoms. The lowest BCUT2D eigenvalue weighted by atomic mass is 10.2. The number of aryl methyl sites for hydroxylation is 1. The number of halogens is 1. The zero-order valence-corrected chi connectivity index (χ0v) is 11.2. The van der Waals surface area contributed by atoms with E-state index in [9.17, 15) is 0 Å². The Balaban J connectivity index is 2.04. The molecular formula is C14H14ClNS. The summed E-state index contributed by atoms with van der Waals surface area (Å²) >= 11 is 7.90. The summed E-state index contributed by atoms with van der Waals surface area (Å²) in [6.07, 6.45) is 0. The summed E-state index contributed by atoms with van der Waals surface area (Å²) in [5, 5.41) is 0.740. The van der Waals surface area contributed by atoms with Crippen LogP contribution in [0.2, 0.25) is 5.02 Å². The zero-order chi connectivity index (χ0) is 12.3. The molecule has 0 aliphatic heterocycles. The molecule has 0 radical (unpaired) electrons. The molecule has 17 heavy (non-hydrogen) atoms. The summed E-state index contributed by atoms with van der Waals surface area (Å²) in [5.41, 5.74) is 8.76. The van der Waals surface area contributed by atoms with E-state index in [-0.39, 0.29) is 0 Å². The molecule has 2 aromatic rings. The number of thioether (sulfide) groups is 1. The van der Waals surface area contributed by atoms with Gasteiger partial charge >= 0.3 is 0 Å². The largest absolute Gasteiger partial charge is 0.399 e. The van der Waals surface area contributed by atoms with Crippen LogP contribution in [0.4, 0.5) is 5.69 Å². The maximum atomic E-state index is 6.13. The first-order valence-corrected chi connectivity index (χ1v) is 6.75. The first-order valence-electron chi connectivity index (χ1n) is 5.38. The van der Waals surface area contributed by atoms with Crippen molar-refractivity contribution in [3.63, 3.8) is 0 Å². The number of rotatable bonds is 3. The van der Waals surface area contributed by atoms with Gasteiger partial charge in [0, 0.05) is 21.4 Å². The normalized spacial score (nSPS) is 10.5. The highest BCUT2D eigenvalue weighted by Crippen LogP contribution is 2.27. The van der Waals surface area contributed by atoms with Gasteiger partial charge in [-0.25, -0.2) is 0 Å². The SMILES string of the molecule is Cc1ccc(SCc2ccc(N)cc2Cl)cc1. The van der Waals surface area contributed by atoms with Crippen LogP contribution in [0.1, 0.15) is 11.1 Å². The third kappa shape index (κ3) is 3.42. The molecule has 2 rings (SSSR count). The Morgan fingerprint density at radius 3 is 2.47 bits per heavy atom. The molecule has 2 aromatic carbocycles. The Labute approximate surface area is 111 Å². The highest BCUT2D eigenvalue weighted by atomic mass is 35.5. The molecule has 88 valence electrons. The van der Waals surface area contributed by atoms with Crippen LogP contribution in [0.15, 0.2) is 47.4 Å². The number of nitrogens with two attached hydrogens (primary N) is 1. The van der Waals surface area contributed by atoms with E-state index in [0.717, 1.165) is 16.3 Å². The number of anilines is 1. The van der Waals surface area contributed by atoms with Gasteiger partial charge < -0.3 is 5.73 Å². The van der Waals surface area contributed by atoms with Gasteiger partial charge in [-0.2, -0.15) is 0 Å². The van der Waals surface area contributed by atoms with E-state index >= 15 is 0 Å². The van der Waals surface area contributed by atoms with Crippen molar-refractivity contribution >= 4 is 29.1 Å². The Morgan fingerprint density at radius 2 is 1.82 bits per heavy atom. The minimum atomic E-state index is 0.707. The summed E-state index contributed by atoms with van der Waals surface area (Å²) in [6, 6.07) is 14.2. The zero-order valence-electron chi connectivity index (χ0n) is 9.61. The maximum absolute atomic E-state index is 6.13. The van der Waals surface area contributed by atoms with E-state index < -0.39 is 0 Å². The molecule has 0 aliphatic carbocycles. The fourth-order valence-electron chi connectivity index (χ4n) is 1.48. The van der Waals surface area contributed by atoms with Gasteiger partial charge in [0.25, 0.3) is 0 Å². The van der Waals surface area contributed by atoms with Crippen LogP contribution in [-0.2, 0) is 5.75 Å². The molecule has 0 amide bonds. The second kappa shape index (κ2) is 5.48. The Morgan fingerprint density at radius 1 is 1.12 bits per heavy atom. The van der Waals surface area contributed by atoms with E-state index in [0.29, 0.717) is 5.69 Å². The molecule has 0 aromatic heterocycles. The van der Waals surface area contributed by atoms with Gasteiger partial charge in [0.1, 0.15) is 0 Å². The van der Waals surface area contributed by atoms with E-state index in [4.69, 9.17) is 17.3 Å². The smallest absolute Gasteiger partial charge is 0.0466 e. The lowest BCUT2D eigenvalue weighted by Crippen LogP contribution is -1.88. The fraction of sp³-hybridized carbons (Fsp3) is 0.143. The second-order valence-corrected chi connectivity index (χ2v) is 5.41. The fourth-order valence-corrected chi connectivity index (χ4v) is 2.71. The number of hydrogen-bond acceptors (Lipinski definition) is 2. The van der Waals surface area contributed by atoms with Gasteiger partial charge in [-0.3, -0.25) is 0 Å². The Kier molecular flexibility index (Phi) is 3.97. The first-order chi connectivity index (χ1) is 8.15. The Bertz CT molecular complexity index is 508. The summed E-state index contributed by atoms with van der Waals surface area (Å²) < 4.78 is 0. The second-order valence-electron chi connectivity index (χ2n) is 3.95. The molecule has 0 heterocycles. The van der Waals surface area contributed by atoms with Gasteiger partial charge in [-0.15, -0.1) is 11.8 Å². The van der Waals surface area contributed by atoms with Gasteiger partial charge in [0.15, 0.2) is 0 Å². The molecule has 2 N–H and O–H groups in total. The highest BCUT2D eigenvalue weighted by molar-refractivity contribution is 7.98. The lowest BCUT2D eigenvalue weighted by Gasteiger charge is -2.05. The predicted molar refractivity (Wildman–Crippen MR) is 76.6 cm³/mol. The monoisotopic (exact) mass is 263 g/mol. The van der Waals surface area contributed by atoms with Crippen molar-refractivity contribution in [3.05, 3.63) is 58.6 Å². The van der Waals surface area contributed by atoms with Crippen LogP contribution in [-0.4, -0.2) is 0 Å². The van der Waals surface area contributed by atoms with E-state index in [1.807, 2.05) is 12.1 Å². The number of hydrogen-bond donors (Lipinski definition) is 1. The van der Waals surface area contributed by atoms with Crippen molar-refractivity contribution < 1.29 is 0 Å². The molecule has 0 saturated heterocycles. The topological polar surface area (TPSA) is 26.0 Å². The minimum absolute atomic E-state index is 0.707. The standard InChI is InChI=1S/C14H14ClNS/c1-10-2-6-13(7-3-10)17-9-11-4-5-12(16)8-14(11)15/h2-8H,9,16H2,1H3. The summed E-state index contributed by atoms with van der Waals surface area (Å²) in [5.74, 6) is 0.863. The van der Waals surface area contributed by atoms with Crippen molar-refractivity contribution in [3.8, 4) is 0 Å². The molecule has 1 nitrogen and oxygen atoms in total. The van der Waals surface area contributed by atoms with Gasteiger partial charge in [-0.05, 0) is 36.8 Å². The van der Waals surface area contributed by atoms with Crippen LogP contribution >= 0.6 is 23.4 Å². The summed E-state index contributed by atoms with van der Waals surface area (Å²) in [7, 11) is 0. The Hall–Kier alpha value is -1.12. The predicted octanol–water partition coefficient (Wildman–Crippen LogP) is 4.52. The van der Waals surface area contributed by atoms with Crippen LogP contribution in [0.3, 0.4) is 0 Å². The molecule has 0 unspecified atom stereocenters. The van der Waals surface area contributed by atoms with Crippen molar-refractivity contribution in [1.82, 2.24) is 0 Å². The van der Waals surface area contributed by atoms with E-state index in [1.165, 1.54) is 10.5 Å². The van der Waals surface area contributed by atoms with Crippen LogP contribution in [0.25, 0.3) is 0 Å². The first kappa shape index (κ1) is 12.3. The van der Waals surface area contributed by atoms with Crippen LogP contribution in [0.5, 0.6) is 0 Å². The third-order valence-electron chi connectivity index (χ3n) is 2.49. The van der Waals surface area contributed by atoms with Crippen molar-refractivity contribution in [2.24, 2.45) is 0 Å². The average molecular weight is 264 g/mol.